The van der Waals surface area contributed by atoms with Gasteiger partial charge in [-0.1, -0.05) is 23.5 Å². The van der Waals surface area contributed by atoms with E-state index in [2.05, 4.69) is 4.98 Å². The van der Waals surface area contributed by atoms with Crippen molar-refractivity contribution < 1.29 is 33.7 Å². The molecule has 1 N–H and O–H groups in total. The summed E-state index contributed by atoms with van der Waals surface area (Å²) < 4.78 is 16.7. The summed E-state index contributed by atoms with van der Waals surface area (Å²) in [6, 6.07) is 15.9. The summed E-state index contributed by atoms with van der Waals surface area (Å²) in [5.41, 5.74) is 2.70. The fraction of sp³-hybridized carbons (Fsp3) is 0.200. The maximum absolute atomic E-state index is 13.6. The predicted octanol–water partition coefficient (Wildman–Crippen LogP) is 5.04. The minimum atomic E-state index is -0.988. The van der Waals surface area contributed by atoms with Crippen molar-refractivity contribution in [2.75, 3.05) is 19.1 Å². The number of ketones is 1. The molecule has 2 aliphatic heterocycles. The topological polar surface area (TPSA) is 115 Å². The number of carbonyl (C=O) groups excluding carboxylic acids is 3. The molecule has 0 spiro atoms. The predicted molar refractivity (Wildman–Crippen MR) is 149 cm³/mol. The van der Waals surface area contributed by atoms with Crippen molar-refractivity contribution in [1.29, 1.82) is 0 Å². The van der Waals surface area contributed by atoms with Gasteiger partial charge in [-0.05, 0) is 66.6 Å². The molecule has 4 aromatic rings. The Labute approximate surface area is 233 Å². The zero-order chi connectivity index (χ0) is 28.1. The van der Waals surface area contributed by atoms with E-state index in [0.717, 1.165) is 16.0 Å². The maximum Gasteiger partial charge on any atom is 0.337 e. The summed E-state index contributed by atoms with van der Waals surface area (Å²) >= 11 is 1.23. The zero-order valence-corrected chi connectivity index (χ0v) is 22.7. The van der Waals surface area contributed by atoms with Crippen molar-refractivity contribution in [3.05, 3.63) is 88.5 Å². The third-order valence-corrected chi connectivity index (χ3v) is 8.07. The Morgan fingerprint density at radius 1 is 1.05 bits per heavy atom. The lowest BCUT2D eigenvalue weighted by Crippen LogP contribution is -2.29. The monoisotopic (exact) mass is 556 g/mol. The third-order valence-electron chi connectivity index (χ3n) is 7.05. The van der Waals surface area contributed by atoms with Crippen LogP contribution in [-0.4, -0.2) is 48.1 Å². The van der Waals surface area contributed by atoms with Crippen LogP contribution in [0.1, 0.15) is 40.0 Å². The van der Waals surface area contributed by atoms with E-state index < -0.39 is 23.7 Å². The highest BCUT2D eigenvalue weighted by atomic mass is 32.1. The van der Waals surface area contributed by atoms with Gasteiger partial charge in [0, 0.05) is 12.0 Å². The van der Waals surface area contributed by atoms with E-state index in [4.69, 9.17) is 14.2 Å². The Morgan fingerprint density at radius 3 is 2.52 bits per heavy atom. The molecule has 0 bridgehead atoms. The fourth-order valence-electron chi connectivity index (χ4n) is 5.11. The first-order valence-corrected chi connectivity index (χ1v) is 13.3. The molecule has 0 saturated carbocycles. The number of hydrogen-bond donors (Lipinski definition) is 1. The number of anilines is 1. The average Bonchev–Trinajstić information content (AvgIpc) is 3.63. The SMILES string of the molecule is COC(=O)c1ccc([C@@H]2C(=C(O)c3ccc4c(c3)C[C@H](C)O4)C(=O)C(=O)N2c2nc3ccc(OC)cc3s2)cc1. The van der Waals surface area contributed by atoms with Gasteiger partial charge in [0.05, 0.1) is 41.6 Å². The molecule has 10 heteroatoms. The van der Waals surface area contributed by atoms with E-state index in [9.17, 15) is 19.5 Å². The first-order chi connectivity index (χ1) is 19.3. The Kier molecular flexibility index (Phi) is 6.26. The summed E-state index contributed by atoms with van der Waals surface area (Å²) in [6.07, 6.45) is 0.669. The Morgan fingerprint density at radius 2 is 1.80 bits per heavy atom. The second-order valence-corrected chi connectivity index (χ2v) is 10.6. The Bertz CT molecular complexity index is 1720. The van der Waals surface area contributed by atoms with Gasteiger partial charge >= 0.3 is 11.9 Å². The van der Waals surface area contributed by atoms with Crippen LogP contribution < -0.4 is 14.4 Å². The number of aliphatic hydroxyl groups is 1. The number of benzene rings is 3. The van der Waals surface area contributed by atoms with Crippen LogP contribution in [0.2, 0.25) is 0 Å². The van der Waals surface area contributed by atoms with Crippen LogP contribution in [0.5, 0.6) is 11.5 Å². The number of ether oxygens (including phenoxy) is 3. The fourth-order valence-corrected chi connectivity index (χ4v) is 6.13. The summed E-state index contributed by atoms with van der Waals surface area (Å²) in [4.78, 5) is 45.1. The second-order valence-electron chi connectivity index (χ2n) is 9.57. The van der Waals surface area contributed by atoms with Crippen molar-refractivity contribution in [3.8, 4) is 11.5 Å². The number of amides is 1. The average molecular weight is 557 g/mol. The second kappa shape index (κ2) is 9.80. The number of thiazole rings is 1. The van der Waals surface area contributed by atoms with Crippen LogP contribution in [0, 0.1) is 0 Å². The molecule has 1 amide bonds. The van der Waals surface area contributed by atoms with Gasteiger partial charge in [-0.15, -0.1) is 0 Å². The first kappa shape index (κ1) is 25.6. The number of methoxy groups -OCH3 is 2. The number of fused-ring (bicyclic) bond motifs is 2. The zero-order valence-electron chi connectivity index (χ0n) is 21.8. The number of carbonyl (C=O) groups is 3. The molecule has 9 nitrogen and oxygen atoms in total. The van der Waals surface area contributed by atoms with E-state index in [0.29, 0.717) is 39.5 Å². The Hall–Kier alpha value is -4.70. The van der Waals surface area contributed by atoms with E-state index in [-0.39, 0.29) is 17.4 Å². The van der Waals surface area contributed by atoms with Crippen molar-refractivity contribution >= 4 is 50.1 Å². The normalized spacial score (nSPS) is 19.5. The highest BCUT2D eigenvalue weighted by Gasteiger charge is 2.48. The van der Waals surface area contributed by atoms with Gasteiger partial charge in [-0.2, -0.15) is 0 Å². The molecule has 6 rings (SSSR count). The molecule has 202 valence electrons. The summed E-state index contributed by atoms with van der Waals surface area (Å²) in [5, 5.41) is 11.8. The molecule has 3 heterocycles. The van der Waals surface area contributed by atoms with Crippen LogP contribution in [0.15, 0.2) is 66.2 Å². The molecular formula is C30H24N2O7S. The van der Waals surface area contributed by atoms with E-state index in [1.807, 2.05) is 6.92 Å². The van der Waals surface area contributed by atoms with Crippen molar-refractivity contribution in [2.45, 2.75) is 25.5 Å². The molecule has 2 atom stereocenters. The quantitative estimate of drug-likeness (QED) is 0.157. The molecule has 2 aliphatic rings. The molecule has 3 aromatic carbocycles. The van der Waals surface area contributed by atoms with Gasteiger partial charge in [0.2, 0.25) is 0 Å². The lowest BCUT2D eigenvalue weighted by Gasteiger charge is -2.23. The maximum atomic E-state index is 13.6. The number of hydrogen-bond acceptors (Lipinski definition) is 9. The van der Waals surface area contributed by atoms with Crippen LogP contribution in [-0.2, 0) is 20.7 Å². The van der Waals surface area contributed by atoms with Crippen molar-refractivity contribution in [2.24, 2.45) is 0 Å². The molecule has 40 heavy (non-hydrogen) atoms. The number of aliphatic hydroxyl groups excluding tert-OH is 1. The highest BCUT2D eigenvalue weighted by Crippen LogP contribution is 2.45. The minimum Gasteiger partial charge on any atom is -0.507 e. The van der Waals surface area contributed by atoms with Gasteiger partial charge in [0.15, 0.2) is 5.13 Å². The number of aromatic nitrogens is 1. The number of nitrogens with zero attached hydrogens (tertiary/aromatic N) is 2. The molecule has 0 radical (unpaired) electrons. The van der Waals surface area contributed by atoms with Gasteiger partial charge in [-0.3, -0.25) is 14.5 Å². The highest BCUT2D eigenvalue weighted by molar-refractivity contribution is 7.22. The van der Waals surface area contributed by atoms with Crippen LogP contribution >= 0.6 is 11.3 Å². The molecular weight excluding hydrogens is 532 g/mol. The standard InChI is InChI=1S/C30H24N2O7S/c1-15-12-19-13-18(8-11-22(19)39-15)26(33)24-25(16-4-6-17(7-5-16)29(36)38-3)32(28(35)27(24)34)30-31-21-10-9-20(37-2)14-23(21)40-30/h4-11,13-15,25,33H,12H2,1-3H3/t15-,25+/m0/s1. The lowest BCUT2D eigenvalue weighted by atomic mass is 9.94. The number of Topliss-reactive ketones (excluding diaryl/α,β-unsaturated/α-hetero) is 1. The van der Waals surface area contributed by atoms with Gasteiger partial charge in [0.1, 0.15) is 23.4 Å². The van der Waals surface area contributed by atoms with Gasteiger partial charge in [0.25, 0.3) is 5.78 Å². The smallest absolute Gasteiger partial charge is 0.337 e. The minimum absolute atomic E-state index is 0.00367. The first-order valence-electron chi connectivity index (χ1n) is 12.5. The molecule has 0 unspecified atom stereocenters. The summed E-state index contributed by atoms with van der Waals surface area (Å²) in [5.74, 6) is -1.10. The third kappa shape index (κ3) is 4.17. The van der Waals surface area contributed by atoms with E-state index in [1.165, 1.54) is 23.3 Å². The molecule has 1 aromatic heterocycles. The molecule has 0 aliphatic carbocycles. The molecule has 1 saturated heterocycles. The van der Waals surface area contributed by atoms with E-state index in [1.54, 1.807) is 67.8 Å². The number of rotatable bonds is 5. The van der Waals surface area contributed by atoms with Gasteiger partial charge < -0.3 is 19.3 Å². The number of esters is 1. The van der Waals surface area contributed by atoms with Crippen molar-refractivity contribution in [3.63, 3.8) is 0 Å². The Balaban J connectivity index is 1.52. The van der Waals surface area contributed by atoms with Crippen LogP contribution in [0.25, 0.3) is 16.0 Å². The van der Waals surface area contributed by atoms with Crippen molar-refractivity contribution in [1.82, 2.24) is 4.98 Å². The largest absolute Gasteiger partial charge is 0.507 e. The van der Waals surface area contributed by atoms with Crippen LogP contribution in [0.3, 0.4) is 0 Å². The summed E-state index contributed by atoms with van der Waals surface area (Å²) in [7, 11) is 2.85. The van der Waals surface area contributed by atoms with Gasteiger partial charge in [-0.25, -0.2) is 9.78 Å². The van der Waals surface area contributed by atoms with E-state index >= 15 is 0 Å². The molecule has 1 fully saturated rings. The lowest BCUT2D eigenvalue weighted by molar-refractivity contribution is -0.132. The van der Waals surface area contributed by atoms with Crippen LogP contribution in [0.4, 0.5) is 5.13 Å². The summed E-state index contributed by atoms with van der Waals surface area (Å²) in [6.45, 7) is 1.96.